The van der Waals surface area contributed by atoms with Crippen molar-refractivity contribution in [1.29, 1.82) is 0 Å². The minimum absolute atomic E-state index is 0.204. The molecule has 4 heteroatoms. The fourth-order valence-electron chi connectivity index (χ4n) is 3.03. The predicted molar refractivity (Wildman–Crippen MR) is 86.3 cm³/mol. The molecular weight excluding hydrogens is 270 g/mol. The second-order valence-electron chi connectivity index (χ2n) is 6.35. The van der Waals surface area contributed by atoms with E-state index in [0.717, 1.165) is 44.3 Å². The first-order valence-electron chi connectivity index (χ1n) is 7.36. The summed E-state index contributed by atoms with van der Waals surface area (Å²) in [5.74, 6) is 0. The van der Waals surface area contributed by atoms with Crippen LogP contribution in [-0.4, -0.2) is 55.1 Å². The smallest absolute Gasteiger partial charge is 0.0409 e. The van der Waals surface area contributed by atoms with Gasteiger partial charge in [0.1, 0.15) is 0 Å². The van der Waals surface area contributed by atoms with Crippen molar-refractivity contribution in [3.63, 3.8) is 0 Å². The average Bonchev–Trinajstić information content (AvgIpc) is 2.39. The third-order valence-corrected chi connectivity index (χ3v) is 4.21. The molecule has 1 saturated heterocycles. The quantitative estimate of drug-likeness (QED) is 0.900. The molecule has 0 saturated carbocycles. The second-order valence-corrected chi connectivity index (χ2v) is 6.79. The van der Waals surface area contributed by atoms with Crippen molar-refractivity contribution in [3.05, 3.63) is 34.9 Å². The van der Waals surface area contributed by atoms with Gasteiger partial charge in [0.2, 0.25) is 0 Å². The number of nitrogens with zero attached hydrogens (tertiary/aromatic N) is 2. The van der Waals surface area contributed by atoms with Crippen LogP contribution in [0.5, 0.6) is 0 Å². The molecule has 1 heterocycles. The summed E-state index contributed by atoms with van der Waals surface area (Å²) >= 11 is 6.05. The minimum Gasteiger partial charge on any atom is -0.314 e. The molecule has 0 spiro atoms. The molecule has 0 radical (unpaired) electrons. The molecule has 1 aliphatic rings. The fourth-order valence-corrected chi connectivity index (χ4v) is 3.25. The summed E-state index contributed by atoms with van der Waals surface area (Å²) in [4.78, 5) is 4.96. The Kier molecular flexibility index (Phi) is 5.44. The van der Waals surface area contributed by atoms with Gasteiger partial charge in [-0.25, -0.2) is 0 Å². The Morgan fingerprint density at radius 1 is 1.30 bits per heavy atom. The van der Waals surface area contributed by atoms with E-state index in [2.05, 4.69) is 48.1 Å². The summed E-state index contributed by atoms with van der Waals surface area (Å²) in [5.41, 5.74) is 1.48. The first kappa shape index (κ1) is 15.8. The zero-order chi connectivity index (χ0) is 14.6. The lowest BCUT2D eigenvalue weighted by Crippen LogP contribution is -2.57. The standard InChI is InChI=1S/C16H26ClN3/c1-16(2,20-9-7-18-8-10-20)13-19(3)12-14-5-4-6-15(17)11-14/h4-6,11,18H,7-10,12-13H2,1-3H3. The van der Waals surface area contributed by atoms with E-state index in [4.69, 9.17) is 11.6 Å². The molecule has 1 fully saturated rings. The van der Waals surface area contributed by atoms with Gasteiger partial charge in [-0.2, -0.15) is 0 Å². The van der Waals surface area contributed by atoms with Gasteiger partial charge in [0.05, 0.1) is 0 Å². The lowest BCUT2D eigenvalue weighted by molar-refractivity contribution is 0.0693. The molecule has 3 nitrogen and oxygen atoms in total. The Morgan fingerprint density at radius 3 is 2.65 bits per heavy atom. The third-order valence-electron chi connectivity index (χ3n) is 3.97. The first-order chi connectivity index (χ1) is 9.47. The Bertz CT molecular complexity index is 427. The number of benzene rings is 1. The molecule has 0 aliphatic carbocycles. The maximum atomic E-state index is 6.05. The van der Waals surface area contributed by atoms with E-state index in [1.807, 2.05) is 12.1 Å². The molecule has 0 bridgehead atoms. The predicted octanol–water partition coefficient (Wildman–Crippen LogP) is 2.46. The van der Waals surface area contributed by atoms with Gasteiger partial charge < -0.3 is 10.2 Å². The van der Waals surface area contributed by atoms with Crippen LogP contribution in [0.2, 0.25) is 5.02 Å². The normalized spacial score (nSPS) is 17.6. The van der Waals surface area contributed by atoms with E-state index >= 15 is 0 Å². The highest BCUT2D eigenvalue weighted by Crippen LogP contribution is 2.18. The van der Waals surface area contributed by atoms with Crippen molar-refractivity contribution in [1.82, 2.24) is 15.1 Å². The van der Waals surface area contributed by atoms with E-state index in [1.54, 1.807) is 0 Å². The zero-order valence-electron chi connectivity index (χ0n) is 12.8. The van der Waals surface area contributed by atoms with Gasteiger partial charge in [0, 0.05) is 49.8 Å². The Hall–Kier alpha value is -0.610. The minimum atomic E-state index is 0.204. The Labute approximate surface area is 127 Å². The number of nitrogens with one attached hydrogen (secondary N) is 1. The molecule has 0 unspecified atom stereocenters. The Balaban J connectivity index is 1.90. The summed E-state index contributed by atoms with van der Waals surface area (Å²) in [6, 6.07) is 8.14. The van der Waals surface area contributed by atoms with Crippen molar-refractivity contribution in [2.24, 2.45) is 0 Å². The second kappa shape index (κ2) is 6.90. The van der Waals surface area contributed by atoms with E-state index in [9.17, 15) is 0 Å². The monoisotopic (exact) mass is 295 g/mol. The van der Waals surface area contributed by atoms with Crippen LogP contribution in [0.4, 0.5) is 0 Å². The Morgan fingerprint density at radius 2 is 2.00 bits per heavy atom. The lowest BCUT2D eigenvalue weighted by atomic mass is 10.0. The van der Waals surface area contributed by atoms with Crippen molar-refractivity contribution < 1.29 is 0 Å². The number of hydrogen-bond acceptors (Lipinski definition) is 3. The highest BCUT2D eigenvalue weighted by atomic mass is 35.5. The van der Waals surface area contributed by atoms with Gasteiger partial charge in [-0.3, -0.25) is 4.90 Å². The van der Waals surface area contributed by atoms with Crippen LogP contribution in [0, 0.1) is 0 Å². The van der Waals surface area contributed by atoms with Crippen LogP contribution in [0.25, 0.3) is 0 Å². The molecule has 0 atom stereocenters. The van der Waals surface area contributed by atoms with Gasteiger partial charge in [0.15, 0.2) is 0 Å². The van der Waals surface area contributed by atoms with Crippen molar-refractivity contribution in [3.8, 4) is 0 Å². The summed E-state index contributed by atoms with van der Waals surface area (Å²) in [6.45, 7) is 11.1. The highest BCUT2D eigenvalue weighted by molar-refractivity contribution is 6.30. The number of halogens is 1. The van der Waals surface area contributed by atoms with Crippen LogP contribution < -0.4 is 5.32 Å². The molecule has 1 aliphatic heterocycles. The van der Waals surface area contributed by atoms with Crippen LogP contribution in [0.3, 0.4) is 0 Å². The van der Waals surface area contributed by atoms with E-state index in [-0.39, 0.29) is 5.54 Å². The maximum absolute atomic E-state index is 6.05. The van der Waals surface area contributed by atoms with Gasteiger partial charge in [-0.1, -0.05) is 23.7 Å². The topological polar surface area (TPSA) is 18.5 Å². The van der Waals surface area contributed by atoms with E-state index in [0.29, 0.717) is 0 Å². The molecule has 0 amide bonds. The van der Waals surface area contributed by atoms with Crippen LogP contribution in [0.1, 0.15) is 19.4 Å². The number of piperazine rings is 1. The number of hydrogen-bond donors (Lipinski definition) is 1. The zero-order valence-corrected chi connectivity index (χ0v) is 13.6. The van der Waals surface area contributed by atoms with E-state index < -0.39 is 0 Å². The number of likely N-dealkylation sites (N-methyl/N-ethyl adjacent to an activating group) is 1. The molecule has 1 N–H and O–H groups in total. The lowest BCUT2D eigenvalue weighted by Gasteiger charge is -2.43. The van der Waals surface area contributed by atoms with E-state index in [1.165, 1.54) is 5.56 Å². The fraction of sp³-hybridized carbons (Fsp3) is 0.625. The van der Waals surface area contributed by atoms with Crippen LogP contribution in [-0.2, 0) is 6.54 Å². The van der Waals surface area contributed by atoms with Gasteiger partial charge in [0.25, 0.3) is 0 Å². The van der Waals surface area contributed by atoms with Crippen LogP contribution >= 0.6 is 11.6 Å². The van der Waals surface area contributed by atoms with Gasteiger partial charge >= 0.3 is 0 Å². The maximum Gasteiger partial charge on any atom is 0.0409 e. The molecule has 1 aromatic rings. The van der Waals surface area contributed by atoms with Gasteiger partial charge in [-0.15, -0.1) is 0 Å². The summed E-state index contributed by atoms with van der Waals surface area (Å²) in [7, 11) is 2.19. The SMILES string of the molecule is CN(Cc1cccc(Cl)c1)CC(C)(C)N1CCNCC1. The molecule has 2 rings (SSSR count). The average molecular weight is 296 g/mol. The van der Waals surface area contributed by atoms with Crippen molar-refractivity contribution in [2.45, 2.75) is 25.9 Å². The molecular formula is C16H26ClN3. The summed E-state index contributed by atoms with van der Waals surface area (Å²) in [5, 5.41) is 4.23. The molecule has 0 aromatic heterocycles. The third kappa shape index (κ3) is 4.45. The first-order valence-corrected chi connectivity index (χ1v) is 7.74. The number of rotatable bonds is 5. The molecule has 1 aromatic carbocycles. The summed E-state index contributed by atoms with van der Waals surface area (Å²) in [6.07, 6.45) is 0. The molecule has 112 valence electrons. The highest BCUT2D eigenvalue weighted by Gasteiger charge is 2.28. The molecule has 20 heavy (non-hydrogen) atoms. The van der Waals surface area contributed by atoms with Crippen molar-refractivity contribution >= 4 is 11.6 Å². The van der Waals surface area contributed by atoms with Gasteiger partial charge in [-0.05, 0) is 38.6 Å². The summed E-state index contributed by atoms with van der Waals surface area (Å²) < 4.78 is 0. The van der Waals surface area contributed by atoms with Crippen LogP contribution in [0.15, 0.2) is 24.3 Å². The van der Waals surface area contributed by atoms with Crippen molar-refractivity contribution in [2.75, 3.05) is 39.8 Å². The largest absolute Gasteiger partial charge is 0.314 e.